The van der Waals surface area contributed by atoms with Gasteiger partial charge in [-0.1, -0.05) is 40.0 Å². The van der Waals surface area contributed by atoms with Crippen LogP contribution in [0.2, 0.25) is 0 Å². The van der Waals surface area contributed by atoms with Crippen LogP contribution in [0.15, 0.2) is 53.0 Å². The second kappa shape index (κ2) is 5.56. The summed E-state index contributed by atoms with van der Waals surface area (Å²) in [5.41, 5.74) is 3.16. The summed E-state index contributed by atoms with van der Waals surface area (Å²) < 4.78 is 1.09. The third kappa shape index (κ3) is 3.37. The molecule has 0 spiro atoms. The summed E-state index contributed by atoms with van der Waals surface area (Å²) in [6.07, 6.45) is 5.36. The molecule has 0 fully saturated rings. The van der Waals surface area contributed by atoms with E-state index in [0.717, 1.165) is 22.3 Å². The molecule has 2 rings (SSSR count). The molecular formula is C15H12BrN. The molecule has 0 bridgehead atoms. The molecule has 2 aromatic rings. The fourth-order valence-electron chi connectivity index (χ4n) is 1.57. The van der Waals surface area contributed by atoms with Gasteiger partial charge >= 0.3 is 0 Å². The Kier molecular flexibility index (Phi) is 3.85. The van der Waals surface area contributed by atoms with Gasteiger partial charge < -0.3 is 5.32 Å². The molecule has 1 N–H and O–H groups in total. The first-order chi connectivity index (χ1) is 8.28. The van der Waals surface area contributed by atoms with E-state index in [4.69, 9.17) is 6.42 Å². The number of benzene rings is 2. The Morgan fingerprint density at radius 3 is 2.71 bits per heavy atom. The van der Waals surface area contributed by atoms with Gasteiger partial charge in [0, 0.05) is 22.3 Å². The molecule has 0 saturated carbocycles. The van der Waals surface area contributed by atoms with Gasteiger partial charge in [-0.2, -0.15) is 0 Å². The molecule has 84 valence electrons. The van der Waals surface area contributed by atoms with Crippen LogP contribution in [0.25, 0.3) is 0 Å². The molecule has 17 heavy (non-hydrogen) atoms. The van der Waals surface area contributed by atoms with Gasteiger partial charge in [0.1, 0.15) is 0 Å². The average Bonchev–Trinajstić information content (AvgIpc) is 2.37. The quantitative estimate of drug-likeness (QED) is 0.840. The van der Waals surface area contributed by atoms with Crippen molar-refractivity contribution in [3.05, 3.63) is 64.1 Å². The predicted molar refractivity (Wildman–Crippen MR) is 75.8 cm³/mol. The van der Waals surface area contributed by atoms with Crippen molar-refractivity contribution in [1.29, 1.82) is 0 Å². The van der Waals surface area contributed by atoms with Crippen LogP contribution < -0.4 is 5.32 Å². The number of nitrogens with one attached hydrogen (secondary N) is 1. The van der Waals surface area contributed by atoms with Crippen molar-refractivity contribution >= 4 is 21.6 Å². The molecule has 0 aliphatic rings. The summed E-state index contributed by atoms with van der Waals surface area (Å²) in [5, 5.41) is 3.35. The van der Waals surface area contributed by atoms with Crippen molar-refractivity contribution < 1.29 is 0 Å². The normalized spacial score (nSPS) is 9.65. The lowest BCUT2D eigenvalue weighted by Gasteiger charge is -2.07. The number of anilines is 1. The zero-order valence-corrected chi connectivity index (χ0v) is 10.9. The van der Waals surface area contributed by atoms with Gasteiger partial charge in [-0.3, -0.25) is 0 Å². The molecule has 0 aliphatic carbocycles. The van der Waals surface area contributed by atoms with Crippen LogP contribution in [0, 0.1) is 12.3 Å². The van der Waals surface area contributed by atoms with Crippen LogP contribution in [-0.4, -0.2) is 0 Å². The Hall–Kier alpha value is -1.72. The maximum absolute atomic E-state index is 5.36. The van der Waals surface area contributed by atoms with Crippen LogP contribution >= 0.6 is 15.9 Å². The summed E-state index contributed by atoms with van der Waals surface area (Å²) in [7, 11) is 0. The number of rotatable bonds is 3. The molecule has 2 heteroatoms. The van der Waals surface area contributed by atoms with Crippen molar-refractivity contribution in [2.45, 2.75) is 6.54 Å². The van der Waals surface area contributed by atoms with Crippen molar-refractivity contribution in [3.63, 3.8) is 0 Å². The van der Waals surface area contributed by atoms with Crippen molar-refractivity contribution in [3.8, 4) is 12.3 Å². The van der Waals surface area contributed by atoms with E-state index in [0.29, 0.717) is 0 Å². The highest BCUT2D eigenvalue weighted by Crippen LogP contribution is 2.14. The van der Waals surface area contributed by atoms with E-state index in [-0.39, 0.29) is 0 Å². The lowest BCUT2D eigenvalue weighted by Crippen LogP contribution is -1.99. The second-order valence-electron chi connectivity index (χ2n) is 3.71. The summed E-state index contributed by atoms with van der Waals surface area (Å²) in [5.74, 6) is 2.63. The first-order valence-corrected chi connectivity index (χ1v) is 6.12. The smallest absolute Gasteiger partial charge is 0.0401 e. The van der Waals surface area contributed by atoms with Gasteiger partial charge in [0.15, 0.2) is 0 Å². The second-order valence-corrected chi connectivity index (χ2v) is 4.62. The first-order valence-electron chi connectivity index (χ1n) is 5.33. The number of halogens is 1. The maximum atomic E-state index is 5.36. The Bertz CT molecular complexity index is 555. The van der Waals surface area contributed by atoms with Crippen LogP contribution in [-0.2, 0) is 6.54 Å². The van der Waals surface area contributed by atoms with Gasteiger partial charge in [-0.15, -0.1) is 6.42 Å². The van der Waals surface area contributed by atoms with Crippen LogP contribution in [0.3, 0.4) is 0 Å². The Morgan fingerprint density at radius 2 is 1.94 bits per heavy atom. The highest BCUT2D eigenvalue weighted by Gasteiger charge is 1.96. The summed E-state index contributed by atoms with van der Waals surface area (Å²) in [6.45, 7) is 0.785. The maximum Gasteiger partial charge on any atom is 0.0401 e. The lowest BCUT2D eigenvalue weighted by atomic mass is 10.2. The highest BCUT2D eigenvalue weighted by molar-refractivity contribution is 9.10. The minimum Gasteiger partial charge on any atom is -0.381 e. The third-order valence-corrected chi connectivity index (χ3v) is 2.91. The van der Waals surface area contributed by atoms with Gasteiger partial charge in [-0.25, -0.2) is 0 Å². The SMILES string of the molecule is C#Cc1cccc(NCc2cccc(Br)c2)c1. The Morgan fingerprint density at radius 1 is 1.12 bits per heavy atom. The Balaban J connectivity index is 2.05. The molecule has 0 atom stereocenters. The van der Waals surface area contributed by atoms with Gasteiger partial charge in [0.25, 0.3) is 0 Å². The molecule has 0 heterocycles. The van der Waals surface area contributed by atoms with Gasteiger partial charge in [0.05, 0.1) is 0 Å². The topological polar surface area (TPSA) is 12.0 Å². The van der Waals surface area contributed by atoms with E-state index in [2.05, 4.69) is 39.3 Å². The fraction of sp³-hybridized carbons (Fsp3) is 0.0667. The molecule has 0 amide bonds. The van der Waals surface area contributed by atoms with Crippen LogP contribution in [0.1, 0.15) is 11.1 Å². The van der Waals surface area contributed by atoms with E-state index in [9.17, 15) is 0 Å². The van der Waals surface area contributed by atoms with E-state index < -0.39 is 0 Å². The lowest BCUT2D eigenvalue weighted by molar-refractivity contribution is 1.15. The zero-order chi connectivity index (χ0) is 12.1. The van der Waals surface area contributed by atoms with Crippen molar-refractivity contribution in [1.82, 2.24) is 0 Å². The van der Waals surface area contributed by atoms with Crippen molar-refractivity contribution in [2.75, 3.05) is 5.32 Å². The zero-order valence-electron chi connectivity index (χ0n) is 9.28. The summed E-state index contributed by atoms with van der Waals surface area (Å²) in [4.78, 5) is 0. The third-order valence-electron chi connectivity index (χ3n) is 2.41. The minimum absolute atomic E-state index is 0.785. The monoisotopic (exact) mass is 285 g/mol. The molecule has 0 aromatic heterocycles. The molecule has 2 aromatic carbocycles. The van der Waals surface area contributed by atoms with E-state index >= 15 is 0 Å². The molecule has 0 unspecified atom stereocenters. The van der Waals surface area contributed by atoms with Crippen LogP contribution in [0.4, 0.5) is 5.69 Å². The van der Waals surface area contributed by atoms with E-state index in [1.807, 2.05) is 36.4 Å². The average molecular weight is 286 g/mol. The van der Waals surface area contributed by atoms with Gasteiger partial charge in [0.2, 0.25) is 0 Å². The van der Waals surface area contributed by atoms with Gasteiger partial charge in [-0.05, 0) is 35.9 Å². The molecular weight excluding hydrogens is 274 g/mol. The molecule has 1 nitrogen and oxygen atoms in total. The largest absolute Gasteiger partial charge is 0.381 e. The number of hydrogen-bond donors (Lipinski definition) is 1. The first kappa shape index (κ1) is 11.8. The molecule has 0 saturated heterocycles. The molecule has 0 radical (unpaired) electrons. The molecule has 0 aliphatic heterocycles. The van der Waals surface area contributed by atoms with Crippen LogP contribution in [0.5, 0.6) is 0 Å². The fourth-order valence-corrected chi connectivity index (χ4v) is 2.02. The predicted octanol–water partition coefficient (Wildman–Crippen LogP) is 4.04. The number of hydrogen-bond acceptors (Lipinski definition) is 1. The highest BCUT2D eigenvalue weighted by atomic mass is 79.9. The van der Waals surface area contributed by atoms with E-state index in [1.165, 1.54) is 5.56 Å². The number of terminal acetylenes is 1. The standard InChI is InChI=1S/C15H12BrN/c1-2-12-5-4-8-15(10-12)17-11-13-6-3-7-14(16)9-13/h1,3-10,17H,11H2. The summed E-state index contributed by atoms with van der Waals surface area (Å²) in [6, 6.07) is 16.1. The van der Waals surface area contributed by atoms with Crippen molar-refractivity contribution in [2.24, 2.45) is 0 Å². The minimum atomic E-state index is 0.785. The Labute approximate surface area is 110 Å². The summed E-state index contributed by atoms with van der Waals surface area (Å²) >= 11 is 3.46. The van der Waals surface area contributed by atoms with E-state index in [1.54, 1.807) is 0 Å².